The van der Waals surface area contributed by atoms with Crippen molar-refractivity contribution in [3.8, 4) is 0 Å². The van der Waals surface area contributed by atoms with Crippen LogP contribution in [-0.4, -0.2) is 44.3 Å². The smallest absolute Gasteiger partial charge is 0.338 e. The molecule has 0 atom stereocenters. The predicted molar refractivity (Wildman–Crippen MR) is 119 cm³/mol. The van der Waals surface area contributed by atoms with Gasteiger partial charge in [0.15, 0.2) is 0 Å². The van der Waals surface area contributed by atoms with Gasteiger partial charge in [-0.3, -0.25) is 4.79 Å². The van der Waals surface area contributed by atoms with Crippen LogP contribution in [0.4, 0.5) is 5.69 Å². The fraction of sp³-hybridized carbons (Fsp3) is 0.391. The Labute approximate surface area is 183 Å². The minimum absolute atomic E-state index is 0.125. The largest absolute Gasteiger partial charge is 0.462 e. The van der Waals surface area contributed by atoms with Crippen molar-refractivity contribution in [2.75, 3.05) is 25.0 Å². The first-order valence-corrected chi connectivity index (χ1v) is 11.9. The molecule has 1 fully saturated rings. The third kappa shape index (κ3) is 5.14. The maximum absolute atomic E-state index is 13.0. The van der Waals surface area contributed by atoms with Crippen LogP contribution in [0.5, 0.6) is 0 Å². The van der Waals surface area contributed by atoms with Crippen molar-refractivity contribution in [1.82, 2.24) is 4.31 Å². The predicted octanol–water partition coefficient (Wildman–Crippen LogP) is 3.91. The molecule has 0 bridgehead atoms. The zero-order valence-electron chi connectivity index (χ0n) is 18.1. The molecule has 166 valence electrons. The van der Waals surface area contributed by atoms with Crippen LogP contribution in [0.3, 0.4) is 0 Å². The van der Waals surface area contributed by atoms with E-state index in [9.17, 15) is 18.0 Å². The maximum atomic E-state index is 13.0. The summed E-state index contributed by atoms with van der Waals surface area (Å²) >= 11 is 0. The van der Waals surface area contributed by atoms with Crippen molar-refractivity contribution >= 4 is 27.6 Å². The molecular weight excluding hydrogens is 416 g/mol. The normalized spacial score (nSPS) is 14.8. The fourth-order valence-electron chi connectivity index (χ4n) is 3.60. The first kappa shape index (κ1) is 23.0. The highest BCUT2D eigenvalue weighted by atomic mass is 32.2. The number of nitrogens with one attached hydrogen (secondary N) is 1. The number of hydrogen-bond acceptors (Lipinski definition) is 5. The lowest BCUT2D eigenvalue weighted by atomic mass is 10.1. The summed E-state index contributed by atoms with van der Waals surface area (Å²) in [6.45, 7) is 6.58. The van der Waals surface area contributed by atoms with Crippen LogP contribution >= 0.6 is 0 Å². The van der Waals surface area contributed by atoms with Crippen LogP contribution in [0.1, 0.15) is 58.0 Å². The van der Waals surface area contributed by atoms with Gasteiger partial charge in [0.2, 0.25) is 10.0 Å². The monoisotopic (exact) mass is 444 g/mol. The van der Waals surface area contributed by atoms with Crippen molar-refractivity contribution in [2.45, 2.75) is 44.9 Å². The highest BCUT2D eigenvalue weighted by molar-refractivity contribution is 7.89. The average Bonchev–Trinajstić information content (AvgIpc) is 2.76. The molecule has 1 saturated heterocycles. The minimum atomic E-state index is -3.63. The van der Waals surface area contributed by atoms with Crippen LogP contribution in [0.25, 0.3) is 0 Å². The van der Waals surface area contributed by atoms with Gasteiger partial charge in [0.05, 0.1) is 17.1 Å². The Hall–Kier alpha value is -2.71. The Morgan fingerprint density at radius 2 is 1.71 bits per heavy atom. The molecule has 0 aliphatic carbocycles. The van der Waals surface area contributed by atoms with E-state index >= 15 is 0 Å². The summed E-state index contributed by atoms with van der Waals surface area (Å²) in [4.78, 5) is 25.0. The van der Waals surface area contributed by atoms with Crippen LogP contribution in [0.15, 0.2) is 41.3 Å². The van der Waals surface area contributed by atoms with E-state index in [-0.39, 0.29) is 11.5 Å². The molecule has 7 nitrogen and oxygen atoms in total. The molecule has 8 heteroatoms. The molecular formula is C23H28N2O5S. The van der Waals surface area contributed by atoms with Crippen LogP contribution in [0, 0.1) is 13.8 Å². The summed E-state index contributed by atoms with van der Waals surface area (Å²) in [7, 11) is -3.63. The molecule has 0 saturated carbocycles. The van der Waals surface area contributed by atoms with Gasteiger partial charge in [0.25, 0.3) is 5.91 Å². The zero-order chi connectivity index (χ0) is 22.6. The van der Waals surface area contributed by atoms with E-state index < -0.39 is 21.9 Å². The van der Waals surface area contributed by atoms with Gasteiger partial charge in [0.1, 0.15) is 0 Å². The van der Waals surface area contributed by atoms with E-state index in [1.807, 2.05) is 0 Å². The number of carbonyl (C=O) groups excluding carboxylic acids is 2. The first-order chi connectivity index (χ1) is 14.7. The zero-order valence-corrected chi connectivity index (χ0v) is 18.9. The van der Waals surface area contributed by atoms with Gasteiger partial charge in [-0.2, -0.15) is 4.31 Å². The summed E-state index contributed by atoms with van der Waals surface area (Å²) in [6, 6.07) is 9.53. The third-order valence-electron chi connectivity index (χ3n) is 5.39. The SMILES string of the molecule is CCOC(=O)c1ccc(NC(=O)c2cc(S(=O)(=O)N3CCCCC3)ccc2C)c(C)c1. The molecule has 31 heavy (non-hydrogen) atoms. The standard InChI is InChI=1S/C23H28N2O5S/c1-4-30-23(27)18-9-11-21(17(3)14-18)24-22(26)20-15-19(10-8-16(20)2)31(28,29)25-12-6-5-7-13-25/h8-11,14-15H,4-7,12-13H2,1-3H3,(H,24,26). The molecule has 0 spiro atoms. The van der Waals surface area contributed by atoms with Crippen molar-refractivity contribution in [3.05, 3.63) is 58.7 Å². The Balaban J connectivity index is 1.84. The van der Waals surface area contributed by atoms with Crippen LogP contribution < -0.4 is 5.32 Å². The Kier molecular flexibility index (Phi) is 7.12. The fourth-order valence-corrected chi connectivity index (χ4v) is 5.14. The van der Waals surface area contributed by atoms with Gasteiger partial charge in [0, 0.05) is 24.3 Å². The van der Waals surface area contributed by atoms with Crippen molar-refractivity contribution in [3.63, 3.8) is 0 Å². The van der Waals surface area contributed by atoms with Crippen LogP contribution in [-0.2, 0) is 14.8 Å². The number of benzene rings is 2. The van der Waals surface area contributed by atoms with Crippen molar-refractivity contribution in [1.29, 1.82) is 0 Å². The molecule has 1 aliphatic heterocycles. The van der Waals surface area contributed by atoms with E-state index in [0.717, 1.165) is 19.3 Å². The lowest BCUT2D eigenvalue weighted by Gasteiger charge is -2.26. The van der Waals surface area contributed by atoms with Gasteiger partial charge >= 0.3 is 5.97 Å². The van der Waals surface area contributed by atoms with E-state index in [4.69, 9.17) is 4.74 Å². The number of rotatable bonds is 6. The second kappa shape index (κ2) is 9.62. The van der Waals surface area contributed by atoms with Crippen LogP contribution in [0.2, 0.25) is 0 Å². The summed E-state index contributed by atoms with van der Waals surface area (Å²) in [5, 5.41) is 2.82. The van der Waals surface area contributed by atoms with Gasteiger partial charge in [-0.05, 0) is 75.1 Å². The van der Waals surface area contributed by atoms with Crippen molar-refractivity contribution in [2.24, 2.45) is 0 Å². The summed E-state index contributed by atoms with van der Waals surface area (Å²) in [5.41, 5.74) is 2.63. The average molecular weight is 445 g/mol. The summed E-state index contributed by atoms with van der Waals surface area (Å²) in [5.74, 6) is -0.824. The number of sulfonamides is 1. The number of esters is 1. The Bertz CT molecular complexity index is 1090. The van der Waals surface area contributed by atoms with E-state index in [0.29, 0.717) is 41.0 Å². The molecule has 1 aliphatic rings. The Morgan fingerprint density at radius 3 is 2.35 bits per heavy atom. The highest BCUT2D eigenvalue weighted by Crippen LogP contribution is 2.24. The quantitative estimate of drug-likeness (QED) is 0.682. The molecule has 1 N–H and O–H groups in total. The summed E-state index contributed by atoms with van der Waals surface area (Å²) in [6.07, 6.45) is 2.72. The molecule has 0 unspecified atom stereocenters. The number of carbonyl (C=O) groups is 2. The van der Waals surface area contributed by atoms with Gasteiger partial charge in [-0.25, -0.2) is 13.2 Å². The van der Waals surface area contributed by atoms with Gasteiger partial charge in [-0.15, -0.1) is 0 Å². The second-order valence-corrected chi connectivity index (χ2v) is 9.58. The molecule has 2 aromatic rings. The molecule has 0 radical (unpaired) electrons. The molecule has 1 amide bonds. The first-order valence-electron chi connectivity index (χ1n) is 10.4. The number of anilines is 1. The number of ether oxygens (including phenoxy) is 1. The van der Waals surface area contributed by atoms with Gasteiger partial charge in [-0.1, -0.05) is 12.5 Å². The highest BCUT2D eigenvalue weighted by Gasteiger charge is 2.27. The van der Waals surface area contributed by atoms with E-state index in [1.165, 1.54) is 10.4 Å². The molecule has 1 heterocycles. The number of piperidine rings is 1. The number of nitrogens with zero attached hydrogens (tertiary/aromatic N) is 1. The lowest BCUT2D eigenvalue weighted by molar-refractivity contribution is 0.0526. The van der Waals surface area contributed by atoms with E-state index in [2.05, 4.69) is 5.32 Å². The van der Waals surface area contributed by atoms with Crippen molar-refractivity contribution < 1.29 is 22.7 Å². The van der Waals surface area contributed by atoms with E-state index in [1.54, 1.807) is 51.1 Å². The Morgan fingerprint density at radius 1 is 1.00 bits per heavy atom. The molecule has 3 rings (SSSR count). The maximum Gasteiger partial charge on any atom is 0.338 e. The lowest BCUT2D eigenvalue weighted by Crippen LogP contribution is -2.35. The van der Waals surface area contributed by atoms with Gasteiger partial charge < -0.3 is 10.1 Å². The number of amides is 1. The molecule has 0 aromatic heterocycles. The minimum Gasteiger partial charge on any atom is -0.462 e. The number of aryl methyl sites for hydroxylation is 2. The number of hydrogen-bond donors (Lipinski definition) is 1. The second-order valence-electron chi connectivity index (χ2n) is 7.65. The topological polar surface area (TPSA) is 92.8 Å². The molecule has 2 aromatic carbocycles. The third-order valence-corrected chi connectivity index (χ3v) is 7.29. The summed E-state index contributed by atoms with van der Waals surface area (Å²) < 4.78 is 32.5.